The van der Waals surface area contributed by atoms with Gasteiger partial charge in [-0.05, 0) is 81.8 Å². The van der Waals surface area contributed by atoms with E-state index >= 15 is 0 Å². The van der Waals surface area contributed by atoms with Crippen molar-refractivity contribution < 1.29 is 14.0 Å². The lowest BCUT2D eigenvalue weighted by atomic mass is 9.83. The highest BCUT2D eigenvalue weighted by Gasteiger charge is 2.44. The maximum atomic E-state index is 11.7. The molecular formula is C30H58O3Si. The number of rotatable bonds is 19. The zero-order chi connectivity index (χ0) is 25.4. The summed E-state index contributed by atoms with van der Waals surface area (Å²) < 4.78 is 12.4. The number of carbonyl (C=O) groups is 1. The van der Waals surface area contributed by atoms with Crippen LogP contribution in [0.4, 0.5) is 0 Å². The molecule has 0 aromatic carbocycles. The maximum absolute atomic E-state index is 11.7. The van der Waals surface area contributed by atoms with Crippen LogP contribution >= 0.6 is 0 Å². The predicted octanol–water partition coefficient (Wildman–Crippen LogP) is 9.47. The molecule has 3 nitrogen and oxygen atoms in total. The van der Waals surface area contributed by atoms with Crippen LogP contribution < -0.4 is 0 Å². The molecule has 34 heavy (non-hydrogen) atoms. The first kappa shape index (κ1) is 31.4. The lowest BCUT2D eigenvalue weighted by Crippen LogP contribution is -2.41. The molecule has 0 amide bonds. The second-order valence-corrected chi connectivity index (χ2v) is 15.9. The van der Waals surface area contributed by atoms with Gasteiger partial charge in [-0.1, -0.05) is 85.3 Å². The average molecular weight is 495 g/mol. The highest BCUT2D eigenvalue weighted by Crippen LogP contribution is 2.45. The number of ether oxygens (including phenoxy) is 1. The van der Waals surface area contributed by atoms with E-state index in [4.69, 9.17) is 9.16 Å². The first-order valence-electron chi connectivity index (χ1n) is 14.8. The maximum Gasteiger partial charge on any atom is 0.306 e. The Kier molecular flexibility index (Phi) is 16.4. The van der Waals surface area contributed by atoms with Gasteiger partial charge in [0.25, 0.3) is 0 Å². The number of unbranched alkanes of at least 4 members (excludes halogenated alkanes) is 6. The van der Waals surface area contributed by atoms with Crippen molar-refractivity contribution in [3.8, 4) is 0 Å². The van der Waals surface area contributed by atoms with Crippen LogP contribution in [0.15, 0.2) is 12.2 Å². The largest absolute Gasteiger partial charge is 0.463 e. The molecule has 4 heteroatoms. The average Bonchev–Trinajstić information content (AvgIpc) is 3.10. The van der Waals surface area contributed by atoms with Crippen LogP contribution in [-0.4, -0.2) is 26.5 Å². The summed E-state index contributed by atoms with van der Waals surface area (Å²) in [5.74, 6) is 2.11. The second kappa shape index (κ2) is 17.8. The van der Waals surface area contributed by atoms with Gasteiger partial charge in [0.15, 0.2) is 8.32 Å². The molecule has 0 N–H and O–H groups in total. The molecule has 0 aromatic heterocycles. The molecule has 0 bridgehead atoms. The fourth-order valence-corrected chi connectivity index (χ4v) is 8.81. The van der Waals surface area contributed by atoms with Gasteiger partial charge in [0, 0.05) is 12.5 Å². The minimum Gasteiger partial charge on any atom is -0.463 e. The van der Waals surface area contributed by atoms with E-state index in [-0.39, 0.29) is 12.1 Å². The molecule has 1 fully saturated rings. The van der Waals surface area contributed by atoms with Gasteiger partial charge in [-0.3, -0.25) is 4.79 Å². The highest BCUT2D eigenvalue weighted by atomic mass is 28.4. The minimum atomic E-state index is -1.58. The van der Waals surface area contributed by atoms with Crippen LogP contribution in [0.1, 0.15) is 126 Å². The molecule has 1 aliphatic rings. The molecule has 0 aromatic rings. The Hall–Kier alpha value is -0.613. The summed E-state index contributed by atoms with van der Waals surface area (Å²) in [6.07, 6.45) is 19.5. The smallest absolute Gasteiger partial charge is 0.306 e. The minimum absolute atomic E-state index is 0.0134. The van der Waals surface area contributed by atoms with Crippen molar-refractivity contribution in [1.29, 1.82) is 0 Å². The Balaban J connectivity index is 2.67. The Morgan fingerprint density at radius 3 is 2.18 bits per heavy atom. The lowest BCUT2D eigenvalue weighted by molar-refractivity contribution is -0.147. The molecule has 0 radical (unpaired) electrons. The summed E-state index contributed by atoms with van der Waals surface area (Å²) in [7, 11) is -1.58. The van der Waals surface area contributed by atoms with Gasteiger partial charge in [0.2, 0.25) is 0 Å². The van der Waals surface area contributed by atoms with Gasteiger partial charge in [0.1, 0.15) is 0 Å². The van der Waals surface area contributed by atoms with Crippen LogP contribution in [0.25, 0.3) is 0 Å². The van der Waals surface area contributed by atoms with Crippen LogP contribution in [0.3, 0.4) is 0 Å². The van der Waals surface area contributed by atoms with E-state index in [1.54, 1.807) is 0 Å². The Morgan fingerprint density at radius 2 is 1.56 bits per heavy atom. The van der Waals surface area contributed by atoms with E-state index in [1.165, 1.54) is 69.5 Å². The van der Waals surface area contributed by atoms with Gasteiger partial charge in [-0.2, -0.15) is 0 Å². The molecule has 0 unspecified atom stereocenters. The highest BCUT2D eigenvalue weighted by molar-refractivity contribution is 6.73. The standard InChI is InChI=1S/C30H58O3Si/c1-8-12-13-14-15-19-22-28-27(21-18-16-17-20-23-30(31)32-25(5)6)26(7)24-29(28)33-34(9-2,10-3)11-4/h16,18,25-29H,8-15,17,19-24H2,1-7H3/b18-16-/t26-,27-,28+,29+/m0/s1. The molecule has 1 aliphatic carbocycles. The van der Waals surface area contributed by atoms with Crippen molar-refractivity contribution in [2.75, 3.05) is 0 Å². The van der Waals surface area contributed by atoms with Crippen molar-refractivity contribution in [3.63, 3.8) is 0 Å². The van der Waals surface area contributed by atoms with Gasteiger partial charge in [-0.25, -0.2) is 0 Å². The topological polar surface area (TPSA) is 35.5 Å². The quantitative estimate of drug-likeness (QED) is 0.0776. The summed E-state index contributed by atoms with van der Waals surface area (Å²) in [6.45, 7) is 15.7. The summed E-state index contributed by atoms with van der Waals surface area (Å²) >= 11 is 0. The van der Waals surface area contributed by atoms with Crippen LogP contribution in [0.2, 0.25) is 18.1 Å². The van der Waals surface area contributed by atoms with Crippen molar-refractivity contribution in [2.24, 2.45) is 17.8 Å². The SMILES string of the molecule is CCCCCCCC[C@@H]1[C@@H](C/C=C\CCCC(=O)OC(C)C)[C@@H](C)C[C@H]1O[Si](CC)(CC)CC. The van der Waals surface area contributed by atoms with E-state index in [1.807, 2.05) is 13.8 Å². The van der Waals surface area contributed by atoms with Crippen molar-refractivity contribution in [1.82, 2.24) is 0 Å². The number of carbonyl (C=O) groups excluding carboxylic acids is 1. The van der Waals surface area contributed by atoms with Crippen molar-refractivity contribution in [2.45, 2.75) is 156 Å². The normalized spacial score (nSPS) is 23.3. The first-order valence-corrected chi connectivity index (χ1v) is 17.4. The number of esters is 1. The third kappa shape index (κ3) is 11.4. The predicted molar refractivity (Wildman–Crippen MR) is 150 cm³/mol. The molecule has 0 aliphatic heterocycles. The Labute approximate surface area is 214 Å². The summed E-state index contributed by atoms with van der Waals surface area (Å²) in [5.41, 5.74) is 0. The zero-order valence-corrected chi connectivity index (χ0v) is 24.9. The van der Waals surface area contributed by atoms with Crippen LogP contribution in [-0.2, 0) is 14.0 Å². The van der Waals surface area contributed by atoms with E-state index in [2.05, 4.69) is 46.8 Å². The van der Waals surface area contributed by atoms with Crippen molar-refractivity contribution >= 4 is 14.3 Å². The number of allylic oxidation sites excluding steroid dienone is 2. The fraction of sp³-hybridized carbons (Fsp3) is 0.900. The zero-order valence-electron chi connectivity index (χ0n) is 23.9. The van der Waals surface area contributed by atoms with Crippen LogP contribution in [0.5, 0.6) is 0 Å². The molecule has 1 rings (SSSR count). The first-order chi connectivity index (χ1) is 16.3. The molecular weight excluding hydrogens is 436 g/mol. The number of hydrogen-bond acceptors (Lipinski definition) is 3. The summed E-state index contributed by atoms with van der Waals surface area (Å²) in [4.78, 5) is 11.7. The van der Waals surface area contributed by atoms with E-state index in [0.29, 0.717) is 18.4 Å². The van der Waals surface area contributed by atoms with Crippen molar-refractivity contribution in [3.05, 3.63) is 12.2 Å². The lowest BCUT2D eigenvalue weighted by Gasteiger charge is -2.35. The third-order valence-electron chi connectivity index (χ3n) is 8.28. The Morgan fingerprint density at radius 1 is 0.912 bits per heavy atom. The van der Waals surface area contributed by atoms with Gasteiger partial charge < -0.3 is 9.16 Å². The molecule has 0 spiro atoms. The van der Waals surface area contributed by atoms with E-state index < -0.39 is 8.32 Å². The van der Waals surface area contributed by atoms with E-state index in [9.17, 15) is 4.79 Å². The fourth-order valence-electron chi connectivity index (χ4n) is 5.90. The summed E-state index contributed by atoms with van der Waals surface area (Å²) in [6, 6.07) is 3.75. The Bertz CT molecular complexity index is 547. The molecule has 1 saturated carbocycles. The summed E-state index contributed by atoms with van der Waals surface area (Å²) in [5, 5.41) is 0. The third-order valence-corrected chi connectivity index (χ3v) is 13.0. The monoisotopic (exact) mass is 494 g/mol. The number of hydrogen-bond donors (Lipinski definition) is 0. The van der Waals surface area contributed by atoms with Gasteiger partial charge in [-0.15, -0.1) is 0 Å². The second-order valence-electron chi connectivity index (χ2n) is 11.1. The molecule has 0 heterocycles. The van der Waals surface area contributed by atoms with E-state index in [0.717, 1.165) is 31.1 Å². The van der Waals surface area contributed by atoms with Gasteiger partial charge >= 0.3 is 5.97 Å². The molecule has 4 atom stereocenters. The molecule has 200 valence electrons. The van der Waals surface area contributed by atoms with Gasteiger partial charge in [0.05, 0.1) is 6.10 Å². The van der Waals surface area contributed by atoms with Crippen LogP contribution in [0, 0.1) is 17.8 Å². The molecule has 0 saturated heterocycles.